The van der Waals surface area contributed by atoms with Crippen molar-refractivity contribution in [3.8, 4) is 0 Å². The minimum atomic E-state index is -1.64. The molecule has 422 valence electrons. The van der Waals surface area contributed by atoms with Gasteiger partial charge in [-0.2, -0.15) is 0 Å². The van der Waals surface area contributed by atoms with Crippen LogP contribution in [0, 0.1) is 0 Å². The molecule has 0 N–H and O–H groups in total. The highest BCUT2D eigenvalue weighted by Crippen LogP contribution is 2.14. The largest absolute Gasteiger partial charge is 0.545 e. The van der Waals surface area contributed by atoms with Gasteiger partial charge in [-0.15, -0.1) is 0 Å². The summed E-state index contributed by atoms with van der Waals surface area (Å²) >= 11 is 0. The van der Waals surface area contributed by atoms with E-state index in [1.807, 2.05) is 33.3 Å². The normalized spacial score (nSPS) is 13.9. The third kappa shape index (κ3) is 56.7. The van der Waals surface area contributed by atoms with Gasteiger partial charge in [0.1, 0.15) is 13.2 Å². The number of hydrogen-bond acceptors (Lipinski definition) is 8. The quantitative estimate of drug-likeness (QED) is 0.0195. The van der Waals surface area contributed by atoms with Crippen molar-refractivity contribution in [3.05, 3.63) is 146 Å². The van der Waals surface area contributed by atoms with Gasteiger partial charge in [0.25, 0.3) is 0 Å². The molecule has 2 atom stereocenters. The summed E-state index contributed by atoms with van der Waals surface area (Å²) in [5.74, 6) is -2.41. The highest BCUT2D eigenvalue weighted by Gasteiger charge is 2.21. The molecule has 0 heterocycles. The van der Waals surface area contributed by atoms with Gasteiger partial charge in [0.15, 0.2) is 12.4 Å². The molecule has 0 fully saturated rings. The molecule has 0 aliphatic heterocycles. The average Bonchev–Trinajstić information content (AvgIpc) is 3.38. The molecule has 0 rings (SSSR count). The number of carboxylic acid groups (broad SMARTS) is 1. The number of allylic oxidation sites excluding steroid dienone is 24. The molecule has 0 aliphatic carbocycles. The van der Waals surface area contributed by atoms with E-state index in [2.05, 4.69) is 148 Å². The van der Waals surface area contributed by atoms with Crippen molar-refractivity contribution in [2.45, 2.75) is 206 Å². The number of hydrogen-bond donors (Lipinski definition) is 0. The van der Waals surface area contributed by atoms with E-state index >= 15 is 0 Å². The van der Waals surface area contributed by atoms with Crippen LogP contribution in [0.2, 0.25) is 0 Å². The summed E-state index contributed by atoms with van der Waals surface area (Å²) in [6.07, 6.45) is 77.9. The lowest BCUT2D eigenvalue weighted by molar-refractivity contribution is -0.870. The number of aliphatic carboxylic acids is 1. The monoisotopic (exact) mass is 1040 g/mol. The molecule has 9 heteroatoms. The number of ether oxygens (including phenoxy) is 4. The molecule has 75 heavy (non-hydrogen) atoms. The van der Waals surface area contributed by atoms with Crippen LogP contribution in [0.1, 0.15) is 194 Å². The summed E-state index contributed by atoms with van der Waals surface area (Å²) in [6, 6.07) is 0. The number of unbranched alkanes of at least 4 members (excludes halogenated alkanes) is 12. The van der Waals surface area contributed by atoms with Gasteiger partial charge in [0.2, 0.25) is 0 Å². The van der Waals surface area contributed by atoms with E-state index in [4.69, 9.17) is 18.9 Å². The van der Waals surface area contributed by atoms with Crippen LogP contribution in [0.5, 0.6) is 0 Å². The van der Waals surface area contributed by atoms with Gasteiger partial charge in [-0.05, 0) is 103 Å². The zero-order valence-corrected chi connectivity index (χ0v) is 47.9. The fourth-order valence-electron chi connectivity index (χ4n) is 7.21. The third-order valence-corrected chi connectivity index (χ3v) is 11.6. The smallest absolute Gasteiger partial charge is 0.306 e. The second-order valence-electron chi connectivity index (χ2n) is 19.8. The SMILES string of the molecule is CC/C=C\C/C=C\C/C=C\C/C=C\C/C=C\C/C=C\C/C=C\C/C=C\CCCCCCCCCCCCCCC(=O)OC(COC(=O)CC/C=C\C/C=C\C/C=C\C/C=C\CC)COC(OCC[N+](C)(C)C)C(=O)[O-]. The molecule has 0 aromatic rings. The van der Waals surface area contributed by atoms with Crippen LogP contribution in [-0.4, -0.2) is 82.3 Å². The number of rotatable bonds is 51. The molecule has 0 aliphatic rings. The maximum Gasteiger partial charge on any atom is 0.306 e. The number of carbonyl (C=O) groups excluding carboxylic acids is 3. The summed E-state index contributed by atoms with van der Waals surface area (Å²) in [6.45, 7) is 4.40. The number of nitrogens with zero attached hydrogens (tertiary/aromatic N) is 1. The Morgan fingerprint density at radius 1 is 0.400 bits per heavy atom. The average molecular weight is 1040 g/mol. The predicted molar refractivity (Wildman–Crippen MR) is 315 cm³/mol. The topological polar surface area (TPSA) is 111 Å². The molecule has 0 saturated carbocycles. The van der Waals surface area contributed by atoms with Crippen molar-refractivity contribution >= 4 is 17.9 Å². The highest BCUT2D eigenvalue weighted by atomic mass is 16.7. The number of esters is 2. The molecule has 2 unspecified atom stereocenters. The maximum atomic E-state index is 12.8. The van der Waals surface area contributed by atoms with Gasteiger partial charge in [0.05, 0.1) is 40.3 Å². The van der Waals surface area contributed by atoms with E-state index in [0.717, 1.165) is 103 Å². The summed E-state index contributed by atoms with van der Waals surface area (Å²) in [4.78, 5) is 37.1. The zero-order chi connectivity index (χ0) is 54.8. The fourth-order valence-corrected chi connectivity index (χ4v) is 7.21. The predicted octanol–water partition coefficient (Wildman–Crippen LogP) is 15.9. The third-order valence-electron chi connectivity index (χ3n) is 11.6. The van der Waals surface area contributed by atoms with E-state index in [-0.39, 0.29) is 32.7 Å². The Kier molecular flexibility index (Phi) is 51.8. The van der Waals surface area contributed by atoms with Crippen LogP contribution in [0.4, 0.5) is 0 Å². The molecule has 0 aromatic carbocycles. The van der Waals surface area contributed by atoms with Gasteiger partial charge in [0, 0.05) is 12.8 Å². The van der Waals surface area contributed by atoms with Crippen LogP contribution in [0.15, 0.2) is 146 Å². The Morgan fingerprint density at radius 3 is 1.12 bits per heavy atom. The first-order valence-electron chi connectivity index (χ1n) is 29.0. The van der Waals surface area contributed by atoms with E-state index in [1.54, 1.807) is 0 Å². The number of quaternary nitrogens is 1. The van der Waals surface area contributed by atoms with Crippen molar-refractivity contribution in [1.29, 1.82) is 0 Å². The molecule has 0 aromatic heterocycles. The standard InChI is InChI=1S/C66H105NO8/c1-6-8-10-12-14-16-18-20-21-22-23-24-25-26-27-28-29-30-31-32-33-34-35-36-37-38-39-40-41-42-43-45-47-49-51-53-55-57-64(69)75-62(61-74-66(65(70)71)72-59-58-67(3,4)5)60-73-63(68)56-54-52-50-48-46-44-19-17-15-13-11-9-7-2/h8-11,14-17,20-21,23-24,26-27,29-30,32-33,35-36,44,46,50,52,62,66H,6-7,12-13,18-19,22,25,28,31,34,37-43,45,47-49,51,53-61H2,1-5H3/b10-8-,11-9-,16-14-,17-15-,21-20-,24-23-,27-26-,30-29-,33-32-,36-35-,46-44-,52-50-. The Hall–Kier alpha value is -4.83. The van der Waals surface area contributed by atoms with Crippen LogP contribution < -0.4 is 5.11 Å². The van der Waals surface area contributed by atoms with Gasteiger partial charge in [-0.1, -0.05) is 224 Å². The first-order chi connectivity index (χ1) is 36.6. The Morgan fingerprint density at radius 2 is 0.747 bits per heavy atom. The van der Waals surface area contributed by atoms with Gasteiger partial charge < -0.3 is 33.3 Å². The van der Waals surface area contributed by atoms with Crippen LogP contribution in [-0.2, 0) is 33.3 Å². The van der Waals surface area contributed by atoms with Crippen LogP contribution >= 0.6 is 0 Å². The first-order valence-corrected chi connectivity index (χ1v) is 29.0. The second kappa shape index (κ2) is 55.4. The van der Waals surface area contributed by atoms with E-state index in [9.17, 15) is 19.5 Å². The zero-order valence-electron chi connectivity index (χ0n) is 47.9. The summed E-state index contributed by atoms with van der Waals surface area (Å²) < 4.78 is 22.5. The Balaban J connectivity index is 4.18. The lowest BCUT2D eigenvalue weighted by atomic mass is 10.0. The van der Waals surface area contributed by atoms with Crippen molar-refractivity contribution in [2.75, 3.05) is 47.5 Å². The Bertz CT molecular complexity index is 1730. The summed E-state index contributed by atoms with van der Waals surface area (Å²) in [7, 11) is 5.89. The molecule has 0 spiro atoms. The highest BCUT2D eigenvalue weighted by molar-refractivity contribution is 5.70. The number of carbonyl (C=O) groups is 3. The molecule has 0 saturated heterocycles. The molecular formula is C66H105NO8. The van der Waals surface area contributed by atoms with E-state index in [1.165, 1.54) is 51.4 Å². The van der Waals surface area contributed by atoms with Crippen LogP contribution in [0.3, 0.4) is 0 Å². The van der Waals surface area contributed by atoms with Crippen molar-refractivity contribution < 1.29 is 42.9 Å². The van der Waals surface area contributed by atoms with Crippen molar-refractivity contribution in [1.82, 2.24) is 0 Å². The van der Waals surface area contributed by atoms with E-state index in [0.29, 0.717) is 23.9 Å². The minimum absolute atomic E-state index is 0.130. The number of likely N-dealkylation sites (N-methyl/N-ethyl adjacent to an activating group) is 1. The molecule has 9 nitrogen and oxygen atoms in total. The Labute approximate surface area is 458 Å². The number of carboxylic acids is 1. The lowest BCUT2D eigenvalue weighted by Crippen LogP contribution is -2.44. The van der Waals surface area contributed by atoms with Crippen LogP contribution in [0.25, 0.3) is 0 Å². The van der Waals surface area contributed by atoms with Crippen molar-refractivity contribution in [3.63, 3.8) is 0 Å². The summed E-state index contributed by atoms with van der Waals surface area (Å²) in [5.41, 5.74) is 0. The molecule has 0 bridgehead atoms. The molecule has 0 radical (unpaired) electrons. The van der Waals surface area contributed by atoms with Crippen molar-refractivity contribution in [2.24, 2.45) is 0 Å². The summed E-state index contributed by atoms with van der Waals surface area (Å²) in [5, 5.41) is 11.7. The van der Waals surface area contributed by atoms with Gasteiger partial charge >= 0.3 is 11.9 Å². The lowest BCUT2D eigenvalue weighted by Gasteiger charge is -2.26. The maximum absolute atomic E-state index is 12.8. The van der Waals surface area contributed by atoms with Gasteiger partial charge in [-0.3, -0.25) is 9.59 Å². The first kappa shape index (κ1) is 70.2. The van der Waals surface area contributed by atoms with Gasteiger partial charge in [-0.25, -0.2) is 0 Å². The second-order valence-corrected chi connectivity index (χ2v) is 19.8. The fraction of sp³-hybridized carbons (Fsp3) is 0.591. The minimum Gasteiger partial charge on any atom is -0.545 e. The van der Waals surface area contributed by atoms with E-state index < -0.39 is 30.3 Å². The molecular weight excluding hydrogens is 935 g/mol. The molecule has 0 amide bonds.